The fourth-order valence-corrected chi connectivity index (χ4v) is 1.04. The molecule has 7 heavy (non-hydrogen) atoms. The third kappa shape index (κ3) is 6.18. The zero-order chi connectivity index (χ0) is 5.54. The van der Waals surface area contributed by atoms with Crippen LogP contribution >= 0.6 is 0 Å². The molecule has 0 aliphatic rings. The van der Waals surface area contributed by atoms with Gasteiger partial charge in [0.25, 0.3) is 0 Å². The van der Waals surface area contributed by atoms with Gasteiger partial charge in [-0.1, -0.05) is 18.9 Å². The van der Waals surface area contributed by atoms with Crippen molar-refractivity contribution >= 4 is 10.2 Å². The van der Waals surface area contributed by atoms with Crippen molar-refractivity contribution in [1.82, 2.24) is 0 Å². The maximum atomic E-state index is 8.30. The van der Waals surface area contributed by atoms with E-state index in [0.29, 0.717) is 6.61 Å². The van der Waals surface area contributed by atoms with Crippen LogP contribution < -0.4 is 0 Å². The summed E-state index contributed by atoms with van der Waals surface area (Å²) < 4.78 is 0. The van der Waals surface area contributed by atoms with Gasteiger partial charge in [0, 0.05) is 16.8 Å². The summed E-state index contributed by atoms with van der Waals surface area (Å²) >= 11 is 0. The lowest BCUT2D eigenvalue weighted by molar-refractivity contribution is 0.284. The van der Waals surface area contributed by atoms with E-state index in [4.69, 9.17) is 5.11 Å². The van der Waals surface area contributed by atoms with Gasteiger partial charge in [0.2, 0.25) is 0 Å². The Morgan fingerprint density at radius 3 is 2.29 bits per heavy atom. The Morgan fingerprint density at radius 1 is 1.14 bits per heavy atom. The van der Waals surface area contributed by atoms with E-state index in [1.807, 2.05) is 0 Å². The summed E-state index contributed by atoms with van der Waals surface area (Å²) in [6.07, 6.45) is 3.55. The van der Waals surface area contributed by atoms with Crippen LogP contribution in [0.5, 0.6) is 0 Å². The van der Waals surface area contributed by atoms with Crippen molar-refractivity contribution in [1.29, 1.82) is 0 Å². The largest absolute Gasteiger partial charge is 0.396 e. The van der Waals surface area contributed by atoms with E-state index >= 15 is 0 Å². The van der Waals surface area contributed by atoms with Gasteiger partial charge in [-0.05, 0) is 6.42 Å². The van der Waals surface area contributed by atoms with Crippen LogP contribution in [0.15, 0.2) is 0 Å². The standard InChI is InChI=1S/C5H14OSi/c6-4-2-1-3-5-7/h6H,1-5H2,7H3. The van der Waals surface area contributed by atoms with Crippen molar-refractivity contribution in [3.8, 4) is 0 Å². The van der Waals surface area contributed by atoms with E-state index in [1.54, 1.807) is 0 Å². The molecule has 0 saturated carbocycles. The molecule has 0 aliphatic heterocycles. The summed E-state index contributed by atoms with van der Waals surface area (Å²) in [4.78, 5) is 0. The Kier molecular flexibility index (Phi) is 6.33. The smallest absolute Gasteiger partial charge is 0.0431 e. The van der Waals surface area contributed by atoms with Gasteiger partial charge in [0.05, 0.1) is 0 Å². The Morgan fingerprint density at radius 2 is 1.86 bits per heavy atom. The maximum absolute atomic E-state index is 8.30. The molecule has 2 heteroatoms. The maximum Gasteiger partial charge on any atom is 0.0431 e. The molecule has 0 amide bonds. The molecule has 0 rings (SSSR count). The van der Waals surface area contributed by atoms with Crippen LogP contribution in [0.4, 0.5) is 0 Å². The minimum absolute atomic E-state index is 0.377. The molecule has 0 saturated heterocycles. The lowest BCUT2D eigenvalue weighted by atomic mass is 10.3. The first-order valence-electron chi connectivity index (χ1n) is 3.02. The quantitative estimate of drug-likeness (QED) is 0.405. The number of rotatable bonds is 4. The fraction of sp³-hybridized carbons (Fsp3) is 1.00. The van der Waals surface area contributed by atoms with E-state index < -0.39 is 0 Å². The van der Waals surface area contributed by atoms with Gasteiger partial charge >= 0.3 is 0 Å². The zero-order valence-corrected chi connectivity index (χ0v) is 6.98. The van der Waals surface area contributed by atoms with E-state index in [0.717, 1.165) is 6.42 Å². The highest BCUT2D eigenvalue weighted by molar-refractivity contribution is 6.08. The van der Waals surface area contributed by atoms with Crippen LogP contribution in [0, 0.1) is 0 Å². The molecule has 1 nitrogen and oxygen atoms in total. The normalized spacial score (nSPS) is 9.86. The topological polar surface area (TPSA) is 20.2 Å². The van der Waals surface area contributed by atoms with Gasteiger partial charge in [0.1, 0.15) is 0 Å². The number of hydrogen-bond donors (Lipinski definition) is 1. The van der Waals surface area contributed by atoms with Crippen molar-refractivity contribution in [2.24, 2.45) is 0 Å². The van der Waals surface area contributed by atoms with Crippen LogP contribution in [0.3, 0.4) is 0 Å². The van der Waals surface area contributed by atoms with E-state index in [-0.39, 0.29) is 0 Å². The minimum atomic E-state index is 0.377. The summed E-state index contributed by atoms with van der Waals surface area (Å²) in [5.74, 6) is 0. The molecule has 44 valence electrons. The number of aliphatic hydroxyl groups is 1. The molecule has 0 radical (unpaired) electrons. The Labute approximate surface area is 48.2 Å². The van der Waals surface area contributed by atoms with Crippen LogP contribution in [-0.4, -0.2) is 22.0 Å². The predicted octanol–water partition coefficient (Wildman–Crippen LogP) is -0.0673. The first-order valence-corrected chi connectivity index (χ1v) is 4.44. The second-order valence-corrected chi connectivity index (χ2v) is 2.78. The molecule has 0 unspecified atom stereocenters. The lowest BCUT2D eigenvalue weighted by Gasteiger charge is -1.90. The highest BCUT2D eigenvalue weighted by Gasteiger charge is 1.80. The molecule has 0 aliphatic carbocycles. The first kappa shape index (κ1) is 7.18. The van der Waals surface area contributed by atoms with Gasteiger partial charge < -0.3 is 5.11 Å². The molecule has 0 spiro atoms. The summed E-state index contributed by atoms with van der Waals surface area (Å²) in [5.41, 5.74) is 0. The Bertz CT molecular complexity index is 27.3. The van der Waals surface area contributed by atoms with Gasteiger partial charge in [-0.25, -0.2) is 0 Å². The van der Waals surface area contributed by atoms with Crippen molar-refractivity contribution in [3.63, 3.8) is 0 Å². The van der Waals surface area contributed by atoms with Crippen LogP contribution in [-0.2, 0) is 0 Å². The van der Waals surface area contributed by atoms with Crippen LogP contribution in [0.2, 0.25) is 6.04 Å². The molecule has 0 atom stereocenters. The highest BCUT2D eigenvalue weighted by Crippen LogP contribution is 1.95. The average molecular weight is 118 g/mol. The summed E-state index contributed by atoms with van der Waals surface area (Å²) in [6, 6.07) is 1.39. The van der Waals surface area contributed by atoms with E-state index in [2.05, 4.69) is 0 Å². The van der Waals surface area contributed by atoms with Crippen molar-refractivity contribution < 1.29 is 5.11 Å². The average Bonchev–Trinajstić information content (AvgIpc) is 1.69. The number of aliphatic hydroxyl groups excluding tert-OH is 1. The fourth-order valence-electron chi connectivity index (χ4n) is 0.539. The monoisotopic (exact) mass is 118 g/mol. The highest BCUT2D eigenvalue weighted by atomic mass is 28.1. The number of unbranched alkanes of at least 4 members (excludes halogenated alkanes) is 2. The van der Waals surface area contributed by atoms with Gasteiger partial charge in [-0.2, -0.15) is 0 Å². The summed E-state index contributed by atoms with van der Waals surface area (Å²) in [5, 5.41) is 8.30. The molecular formula is C5H14OSi. The van der Waals surface area contributed by atoms with E-state index in [9.17, 15) is 0 Å². The predicted molar refractivity (Wildman–Crippen MR) is 35.7 cm³/mol. The third-order valence-electron chi connectivity index (χ3n) is 1.01. The van der Waals surface area contributed by atoms with Crippen molar-refractivity contribution in [2.45, 2.75) is 25.3 Å². The molecule has 0 heterocycles. The van der Waals surface area contributed by atoms with Gasteiger partial charge in [-0.15, -0.1) is 0 Å². The van der Waals surface area contributed by atoms with Crippen LogP contribution in [0.25, 0.3) is 0 Å². The van der Waals surface area contributed by atoms with Gasteiger partial charge in [0.15, 0.2) is 0 Å². The van der Waals surface area contributed by atoms with E-state index in [1.165, 1.54) is 29.1 Å². The Balaban J connectivity index is 2.45. The minimum Gasteiger partial charge on any atom is -0.396 e. The molecule has 1 N–H and O–H groups in total. The second kappa shape index (κ2) is 6.18. The van der Waals surface area contributed by atoms with Crippen LogP contribution in [0.1, 0.15) is 19.3 Å². The SMILES string of the molecule is OCCCCC[SiH3]. The molecule has 0 fully saturated rings. The van der Waals surface area contributed by atoms with Gasteiger partial charge in [-0.3, -0.25) is 0 Å². The summed E-state index contributed by atoms with van der Waals surface area (Å²) in [7, 11) is 1.32. The first-order chi connectivity index (χ1) is 3.41. The molecule has 0 bridgehead atoms. The van der Waals surface area contributed by atoms with Crippen molar-refractivity contribution in [3.05, 3.63) is 0 Å². The molecule has 0 aromatic heterocycles. The Hall–Kier alpha value is 0.177. The lowest BCUT2D eigenvalue weighted by Crippen LogP contribution is -1.81. The third-order valence-corrected chi connectivity index (χ3v) is 1.72. The molecule has 0 aromatic carbocycles. The number of hydrogen-bond acceptors (Lipinski definition) is 1. The van der Waals surface area contributed by atoms with Crippen molar-refractivity contribution in [2.75, 3.05) is 6.61 Å². The second-order valence-electron chi connectivity index (χ2n) is 1.78. The summed E-state index contributed by atoms with van der Waals surface area (Å²) in [6.45, 7) is 0.377. The molecule has 0 aromatic rings. The molecular weight excluding hydrogens is 104 g/mol. The zero-order valence-electron chi connectivity index (χ0n) is 4.98.